The predicted octanol–water partition coefficient (Wildman–Crippen LogP) is 4.99. The second-order valence-electron chi connectivity index (χ2n) is 6.73. The summed E-state index contributed by atoms with van der Waals surface area (Å²) in [5.41, 5.74) is 1.50. The molecule has 1 aliphatic rings. The topological polar surface area (TPSA) is 66.5 Å². The number of halogens is 3. The second kappa shape index (κ2) is 8.59. The molecule has 1 amide bonds. The van der Waals surface area contributed by atoms with Gasteiger partial charge in [-0.3, -0.25) is 4.79 Å². The highest BCUT2D eigenvalue weighted by atomic mass is 35.5. The summed E-state index contributed by atoms with van der Waals surface area (Å²) in [5, 5.41) is 3.85. The third-order valence-electron chi connectivity index (χ3n) is 4.71. The summed E-state index contributed by atoms with van der Waals surface area (Å²) in [5.74, 6) is -0.681. The lowest BCUT2D eigenvalue weighted by Gasteiger charge is -2.31. The van der Waals surface area contributed by atoms with Gasteiger partial charge in [-0.05, 0) is 61.7 Å². The lowest BCUT2D eigenvalue weighted by molar-refractivity contribution is -0.120. The number of benzene rings is 2. The molecule has 1 heterocycles. The molecule has 0 unspecified atom stereocenters. The fraction of sp³-hybridized carbons (Fsp3) is 0.316. The molecular formula is C19H19Cl3N2O3S. The van der Waals surface area contributed by atoms with Gasteiger partial charge in [-0.25, -0.2) is 8.42 Å². The molecule has 0 aromatic heterocycles. The van der Waals surface area contributed by atoms with Crippen LogP contribution in [0.25, 0.3) is 0 Å². The van der Waals surface area contributed by atoms with E-state index in [2.05, 4.69) is 5.32 Å². The first-order valence-corrected chi connectivity index (χ1v) is 11.3. The van der Waals surface area contributed by atoms with Crippen LogP contribution in [0.3, 0.4) is 0 Å². The highest BCUT2D eigenvalue weighted by Crippen LogP contribution is 2.31. The molecule has 2 aromatic rings. The average molecular weight is 462 g/mol. The largest absolute Gasteiger partial charge is 0.326 e. The molecule has 9 heteroatoms. The van der Waals surface area contributed by atoms with Crippen molar-refractivity contribution in [3.8, 4) is 0 Å². The Hall–Kier alpha value is -1.31. The van der Waals surface area contributed by atoms with Crippen LogP contribution in [0.2, 0.25) is 15.1 Å². The van der Waals surface area contributed by atoms with Crippen molar-refractivity contribution in [2.24, 2.45) is 5.92 Å². The summed E-state index contributed by atoms with van der Waals surface area (Å²) < 4.78 is 27.3. The molecular weight excluding hydrogens is 443 g/mol. The number of hydrogen-bond donors (Lipinski definition) is 1. The highest BCUT2D eigenvalue weighted by Gasteiger charge is 2.34. The Bertz CT molecular complexity index is 1010. The number of nitrogens with zero attached hydrogens (tertiary/aromatic N) is 1. The predicted molar refractivity (Wildman–Crippen MR) is 113 cm³/mol. The zero-order valence-corrected chi connectivity index (χ0v) is 18.2. The molecule has 1 atom stereocenters. The molecule has 0 saturated carbocycles. The number of hydrogen-bond acceptors (Lipinski definition) is 3. The van der Waals surface area contributed by atoms with Gasteiger partial charge in [0, 0.05) is 28.8 Å². The number of rotatable bonds is 4. The molecule has 0 bridgehead atoms. The van der Waals surface area contributed by atoms with Crippen molar-refractivity contribution in [1.29, 1.82) is 0 Å². The standard InChI is InChI=1S/C19H19Cl3N2O3S/c1-12-9-14(20)5-7-17(12)23-19(25)13-3-2-8-24(11-13)28(26,27)18-10-15(21)4-6-16(18)22/h4-7,9-10,13H,2-3,8,11H2,1H3,(H,23,25)/t13-/m0/s1. The van der Waals surface area contributed by atoms with E-state index in [1.54, 1.807) is 18.2 Å². The summed E-state index contributed by atoms with van der Waals surface area (Å²) in [7, 11) is -3.85. The van der Waals surface area contributed by atoms with E-state index >= 15 is 0 Å². The average Bonchev–Trinajstić information content (AvgIpc) is 2.66. The van der Waals surface area contributed by atoms with Crippen LogP contribution in [0.15, 0.2) is 41.3 Å². The van der Waals surface area contributed by atoms with E-state index in [-0.39, 0.29) is 27.4 Å². The van der Waals surface area contributed by atoms with Gasteiger partial charge in [-0.15, -0.1) is 0 Å². The van der Waals surface area contributed by atoms with Crippen LogP contribution >= 0.6 is 34.8 Å². The molecule has 1 fully saturated rings. The van der Waals surface area contributed by atoms with Gasteiger partial charge < -0.3 is 5.32 Å². The van der Waals surface area contributed by atoms with Crippen molar-refractivity contribution in [3.63, 3.8) is 0 Å². The lowest BCUT2D eigenvalue weighted by Crippen LogP contribution is -2.43. The van der Waals surface area contributed by atoms with E-state index in [1.807, 2.05) is 6.92 Å². The molecule has 0 radical (unpaired) electrons. The molecule has 3 rings (SSSR count). The van der Waals surface area contributed by atoms with Crippen molar-refractivity contribution in [1.82, 2.24) is 4.31 Å². The van der Waals surface area contributed by atoms with Gasteiger partial charge in [0.1, 0.15) is 4.90 Å². The van der Waals surface area contributed by atoms with Crippen molar-refractivity contribution in [2.75, 3.05) is 18.4 Å². The van der Waals surface area contributed by atoms with Crippen molar-refractivity contribution in [2.45, 2.75) is 24.7 Å². The molecule has 150 valence electrons. The highest BCUT2D eigenvalue weighted by molar-refractivity contribution is 7.89. The van der Waals surface area contributed by atoms with E-state index in [0.29, 0.717) is 30.1 Å². The third-order valence-corrected chi connectivity index (χ3v) is 7.53. The van der Waals surface area contributed by atoms with Crippen molar-refractivity contribution >= 4 is 56.4 Å². The van der Waals surface area contributed by atoms with Crippen LogP contribution < -0.4 is 5.32 Å². The molecule has 0 aliphatic carbocycles. The number of amides is 1. The Balaban J connectivity index is 1.78. The first-order chi connectivity index (χ1) is 13.2. The van der Waals surface area contributed by atoms with Crippen LogP contribution in [0.4, 0.5) is 5.69 Å². The van der Waals surface area contributed by atoms with Crippen LogP contribution in [0, 0.1) is 12.8 Å². The first kappa shape index (κ1) is 21.4. The van der Waals surface area contributed by atoms with E-state index in [4.69, 9.17) is 34.8 Å². The number of carbonyl (C=O) groups excluding carboxylic acids is 1. The summed E-state index contributed by atoms with van der Waals surface area (Å²) in [6.45, 7) is 2.26. The van der Waals surface area contributed by atoms with Crippen molar-refractivity contribution < 1.29 is 13.2 Å². The molecule has 28 heavy (non-hydrogen) atoms. The monoisotopic (exact) mass is 460 g/mol. The van der Waals surface area contributed by atoms with Gasteiger partial charge in [0.15, 0.2) is 0 Å². The van der Waals surface area contributed by atoms with E-state index in [1.165, 1.54) is 22.5 Å². The molecule has 1 saturated heterocycles. The number of anilines is 1. The number of nitrogens with one attached hydrogen (secondary N) is 1. The quantitative estimate of drug-likeness (QED) is 0.697. The van der Waals surface area contributed by atoms with Gasteiger partial charge in [-0.1, -0.05) is 34.8 Å². The maximum absolute atomic E-state index is 13.0. The molecule has 1 aliphatic heterocycles. The van der Waals surface area contributed by atoms with Gasteiger partial charge >= 0.3 is 0 Å². The third kappa shape index (κ3) is 4.63. The van der Waals surface area contributed by atoms with Gasteiger partial charge in [0.25, 0.3) is 0 Å². The summed E-state index contributed by atoms with van der Waals surface area (Å²) in [6, 6.07) is 9.51. The van der Waals surface area contributed by atoms with Crippen LogP contribution in [-0.2, 0) is 14.8 Å². The number of carbonyl (C=O) groups is 1. The Morgan fingerprint density at radius 1 is 1.11 bits per heavy atom. The Morgan fingerprint density at radius 2 is 1.79 bits per heavy atom. The van der Waals surface area contributed by atoms with Gasteiger partial charge in [-0.2, -0.15) is 4.31 Å². The van der Waals surface area contributed by atoms with Gasteiger partial charge in [0.2, 0.25) is 15.9 Å². The molecule has 1 N–H and O–H groups in total. The van der Waals surface area contributed by atoms with Crippen molar-refractivity contribution in [3.05, 3.63) is 57.0 Å². The summed E-state index contributed by atoms with van der Waals surface area (Å²) >= 11 is 18.0. The van der Waals surface area contributed by atoms with E-state index < -0.39 is 15.9 Å². The normalized spacial score (nSPS) is 18.1. The fourth-order valence-electron chi connectivity index (χ4n) is 3.19. The number of aryl methyl sites for hydroxylation is 1. The summed E-state index contributed by atoms with van der Waals surface area (Å²) in [6.07, 6.45) is 1.18. The number of sulfonamides is 1. The maximum Gasteiger partial charge on any atom is 0.244 e. The molecule has 5 nitrogen and oxygen atoms in total. The first-order valence-electron chi connectivity index (χ1n) is 8.70. The minimum absolute atomic E-state index is 0.0451. The molecule has 2 aromatic carbocycles. The summed E-state index contributed by atoms with van der Waals surface area (Å²) in [4.78, 5) is 12.7. The fourth-order valence-corrected chi connectivity index (χ4v) is 5.68. The minimum atomic E-state index is -3.85. The Labute approximate surface area is 179 Å². The molecule has 0 spiro atoms. The SMILES string of the molecule is Cc1cc(Cl)ccc1NC(=O)[C@H]1CCCN(S(=O)(=O)c2cc(Cl)ccc2Cl)C1. The minimum Gasteiger partial charge on any atom is -0.326 e. The maximum atomic E-state index is 13.0. The zero-order chi connectivity index (χ0) is 20.5. The smallest absolute Gasteiger partial charge is 0.244 e. The van der Waals surface area contributed by atoms with Crippen LogP contribution in [0.1, 0.15) is 18.4 Å². The van der Waals surface area contributed by atoms with Gasteiger partial charge in [0.05, 0.1) is 10.9 Å². The van der Waals surface area contributed by atoms with Crippen LogP contribution in [-0.4, -0.2) is 31.7 Å². The second-order valence-corrected chi connectivity index (χ2v) is 9.91. The zero-order valence-electron chi connectivity index (χ0n) is 15.1. The number of piperidine rings is 1. The van der Waals surface area contributed by atoms with E-state index in [0.717, 1.165) is 5.56 Å². The van der Waals surface area contributed by atoms with E-state index in [9.17, 15) is 13.2 Å². The Kier molecular flexibility index (Phi) is 6.57. The lowest BCUT2D eigenvalue weighted by atomic mass is 9.98. The van der Waals surface area contributed by atoms with Crippen LogP contribution in [0.5, 0.6) is 0 Å². The Morgan fingerprint density at radius 3 is 2.50 bits per heavy atom.